The largest absolute Gasteiger partial charge is 0.493 e. The van der Waals surface area contributed by atoms with Crippen molar-refractivity contribution in [2.45, 2.75) is 31.7 Å². The number of primary amides is 1. The van der Waals surface area contributed by atoms with Gasteiger partial charge >= 0.3 is 5.97 Å². The number of nitrogens with zero attached hydrogens (tertiary/aromatic N) is 2. The maximum Gasteiger partial charge on any atom is 0.308 e. The van der Waals surface area contributed by atoms with Gasteiger partial charge in [0.1, 0.15) is 11.8 Å². The number of carbonyl (C=O) groups is 3. The SMILES string of the molecule is CN1CC2(CC(C(=O)O)C1C(=O)N1CC=C(c3ccc4c(c3)CCO4)CC1)CC2C(N)=O. The quantitative estimate of drug-likeness (QED) is 0.727. The van der Waals surface area contributed by atoms with Crippen molar-refractivity contribution in [1.29, 1.82) is 0 Å². The monoisotopic (exact) mass is 439 g/mol. The Balaban J connectivity index is 1.30. The lowest BCUT2D eigenvalue weighted by molar-refractivity contribution is -0.156. The van der Waals surface area contributed by atoms with Crippen LogP contribution in [0.4, 0.5) is 0 Å². The summed E-state index contributed by atoms with van der Waals surface area (Å²) in [6, 6.07) is 5.52. The number of rotatable bonds is 4. The minimum Gasteiger partial charge on any atom is -0.493 e. The van der Waals surface area contributed by atoms with Gasteiger partial charge in [0.25, 0.3) is 0 Å². The Labute approximate surface area is 187 Å². The molecule has 2 amide bonds. The number of piperidine rings is 1. The van der Waals surface area contributed by atoms with Crippen LogP contribution < -0.4 is 10.5 Å². The first-order valence-corrected chi connectivity index (χ1v) is 11.3. The third-order valence-corrected chi connectivity index (χ3v) is 7.73. The number of hydrogen-bond acceptors (Lipinski definition) is 5. The summed E-state index contributed by atoms with van der Waals surface area (Å²) >= 11 is 0. The fourth-order valence-electron chi connectivity index (χ4n) is 5.95. The van der Waals surface area contributed by atoms with Gasteiger partial charge in [-0.2, -0.15) is 0 Å². The lowest BCUT2D eigenvalue weighted by atomic mass is 9.79. The maximum atomic E-state index is 13.4. The number of benzene rings is 1. The summed E-state index contributed by atoms with van der Waals surface area (Å²) in [4.78, 5) is 40.7. The zero-order chi connectivity index (χ0) is 22.6. The van der Waals surface area contributed by atoms with Crippen LogP contribution >= 0.6 is 0 Å². The van der Waals surface area contributed by atoms with Crippen molar-refractivity contribution >= 4 is 23.4 Å². The molecule has 1 saturated heterocycles. The normalized spacial score (nSPS) is 31.6. The molecule has 0 bridgehead atoms. The second kappa shape index (κ2) is 7.62. The van der Waals surface area contributed by atoms with Gasteiger partial charge in [0.2, 0.25) is 11.8 Å². The van der Waals surface area contributed by atoms with Crippen LogP contribution in [0.1, 0.15) is 30.4 Å². The van der Waals surface area contributed by atoms with E-state index >= 15 is 0 Å². The molecular weight excluding hydrogens is 410 g/mol. The molecule has 0 aromatic heterocycles. The Kier molecular flexibility index (Phi) is 5.00. The van der Waals surface area contributed by atoms with E-state index in [1.807, 2.05) is 11.0 Å². The van der Waals surface area contributed by atoms with E-state index in [9.17, 15) is 19.5 Å². The third-order valence-electron chi connectivity index (χ3n) is 7.73. The van der Waals surface area contributed by atoms with Gasteiger partial charge in [-0.1, -0.05) is 12.1 Å². The summed E-state index contributed by atoms with van der Waals surface area (Å²) in [7, 11) is 1.79. The summed E-state index contributed by atoms with van der Waals surface area (Å²) in [5.41, 5.74) is 8.67. The molecular formula is C24H29N3O5. The minimum atomic E-state index is -0.988. The Morgan fingerprint density at radius 1 is 1.22 bits per heavy atom. The number of ether oxygens (including phenoxy) is 1. The van der Waals surface area contributed by atoms with Gasteiger partial charge in [-0.05, 0) is 60.6 Å². The minimum absolute atomic E-state index is 0.149. The van der Waals surface area contributed by atoms with Crippen molar-refractivity contribution < 1.29 is 24.2 Å². The fraction of sp³-hybridized carbons (Fsp3) is 0.542. The van der Waals surface area contributed by atoms with Crippen LogP contribution in [0.15, 0.2) is 24.3 Å². The molecule has 3 heterocycles. The zero-order valence-corrected chi connectivity index (χ0v) is 18.3. The first-order valence-electron chi connectivity index (χ1n) is 11.3. The van der Waals surface area contributed by atoms with E-state index in [1.165, 1.54) is 11.1 Å². The fourth-order valence-corrected chi connectivity index (χ4v) is 5.95. The van der Waals surface area contributed by atoms with Gasteiger partial charge in [-0.15, -0.1) is 0 Å². The van der Waals surface area contributed by atoms with Crippen LogP contribution in [0.5, 0.6) is 5.75 Å². The van der Waals surface area contributed by atoms with E-state index in [0.717, 1.165) is 30.8 Å². The first-order chi connectivity index (χ1) is 15.3. The molecule has 1 aromatic rings. The molecule has 1 aromatic carbocycles. The molecule has 5 rings (SSSR count). The molecule has 1 aliphatic carbocycles. The molecule has 1 saturated carbocycles. The van der Waals surface area contributed by atoms with Gasteiger partial charge in [0, 0.05) is 32.0 Å². The molecule has 8 nitrogen and oxygen atoms in total. The first kappa shape index (κ1) is 21.0. The van der Waals surface area contributed by atoms with E-state index in [4.69, 9.17) is 10.5 Å². The molecule has 4 unspecified atom stereocenters. The number of hydrogen-bond donors (Lipinski definition) is 2. The second-order valence-electron chi connectivity index (χ2n) is 9.71. The van der Waals surface area contributed by atoms with Gasteiger partial charge < -0.3 is 20.5 Å². The molecule has 3 aliphatic heterocycles. The van der Waals surface area contributed by atoms with E-state index in [1.54, 1.807) is 11.9 Å². The highest BCUT2D eigenvalue weighted by Crippen LogP contribution is 2.59. The molecule has 3 N–H and O–H groups in total. The molecule has 8 heteroatoms. The Bertz CT molecular complexity index is 1020. The molecule has 4 atom stereocenters. The average molecular weight is 440 g/mol. The predicted molar refractivity (Wildman–Crippen MR) is 117 cm³/mol. The standard InChI is InChI=1S/C24H29N3O5/c1-26-13-24(12-18(24)21(25)28)11-17(23(30)31)20(26)22(29)27-7-4-14(5-8-27)15-2-3-19-16(10-15)6-9-32-19/h2-4,10,17-18,20H,5-9,11-13H2,1H3,(H2,25,28)(H,30,31). The summed E-state index contributed by atoms with van der Waals surface area (Å²) in [6.45, 7) is 2.27. The Hall–Kier alpha value is -2.87. The van der Waals surface area contributed by atoms with Crippen LogP contribution in [0.3, 0.4) is 0 Å². The molecule has 4 aliphatic rings. The molecule has 170 valence electrons. The lowest BCUT2D eigenvalue weighted by Gasteiger charge is -2.43. The Morgan fingerprint density at radius 2 is 2.03 bits per heavy atom. The number of likely N-dealkylation sites (N-methyl/N-ethyl adjacent to an activating group) is 1. The number of nitrogens with two attached hydrogens (primary N) is 1. The molecule has 1 spiro atoms. The van der Waals surface area contributed by atoms with Crippen LogP contribution in [0.25, 0.3) is 5.57 Å². The van der Waals surface area contributed by atoms with Crippen molar-refractivity contribution in [3.63, 3.8) is 0 Å². The van der Waals surface area contributed by atoms with Crippen molar-refractivity contribution in [1.82, 2.24) is 9.80 Å². The number of carboxylic acids is 1. The van der Waals surface area contributed by atoms with Crippen LogP contribution in [0, 0.1) is 17.3 Å². The predicted octanol–water partition coefficient (Wildman–Crippen LogP) is 1.13. The topological polar surface area (TPSA) is 113 Å². The van der Waals surface area contributed by atoms with Crippen LogP contribution in [0.2, 0.25) is 0 Å². The van der Waals surface area contributed by atoms with Crippen molar-refractivity contribution in [3.05, 3.63) is 35.4 Å². The van der Waals surface area contributed by atoms with Gasteiger partial charge in [0.15, 0.2) is 0 Å². The number of amides is 2. The highest BCUT2D eigenvalue weighted by molar-refractivity contribution is 5.89. The lowest BCUT2D eigenvalue weighted by Crippen LogP contribution is -2.58. The second-order valence-corrected chi connectivity index (χ2v) is 9.71. The van der Waals surface area contributed by atoms with Gasteiger partial charge in [-0.3, -0.25) is 19.3 Å². The van der Waals surface area contributed by atoms with Crippen molar-refractivity contribution in [2.75, 3.05) is 33.3 Å². The van der Waals surface area contributed by atoms with E-state index in [-0.39, 0.29) is 17.7 Å². The van der Waals surface area contributed by atoms with Crippen LogP contribution in [-0.2, 0) is 20.8 Å². The van der Waals surface area contributed by atoms with E-state index in [2.05, 4.69) is 18.2 Å². The average Bonchev–Trinajstić information content (AvgIpc) is 3.25. The summed E-state index contributed by atoms with van der Waals surface area (Å²) < 4.78 is 5.58. The van der Waals surface area contributed by atoms with Crippen molar-refractivity contribution in [3.8, 4) is 5.75 Å². The van der Waals surface area contributed by atoms with Crippen LogP contribution in [-0.4, -0.2) is 72.0 Å². The number of aliphatic carboxylic acids is 1. The highest BCUT2D eigenvalue weighted by atomic mass is 16.5. The summed E-state index contributed by atoms with van der Waals surface area (Å²) in [5.74, 6) is -1.69. The molecule has 0 radical (unpaired) electrons. The van der Waals surface area contributed by atoms with Gasteiger partial charge in [-0.25, -0.2) is 0 Å². The molecule has 2 fully saturated rings. The highest BCUT2D eigenvalue weighted by Gasteiger charge is 2.63. The zero-order valence-electron chi connectivity index (χ0n) is 18.3. The third kappa shape index (κ3) is 3.46. The Morgan fingerprint density at radius 3 is 2.69 bits per heavy atom. The molecule has 32 heavy (non-hydrogen) atoms. The van der Waals surface area contributed by atoms with Crippen molar-refractivity contribution in [2.24, 2.45) is 23.0 Å². The number of carboxylic acid groups (broad SMARTS) is 1. The smallest absolute Gasteiger partial charge is 0.308 e. The van der Waals surface area contributed by atoms with E-state index < -0.39 is 23.3 Å². The number of likely N-dealkylation sites (tertiary alicyclic amines) is 1. The number of carbonyl (C=O) groups excluding carboxylic acids is 2. The summed E-state index contributed by atoms with van der Waals surface area (Å²) in [6.07, 6.45) is 4.65. The maximum absolute atomic E-state index is 13.4. The number of fused-ring (bicyclic) bond motifs is 1. The summed E-state index contributed by atoms with van der Waals surface area (Å²) in [5, 5.41) is 9.89. The van der Waals surface area contributed by atoms with E-state index in [0.29, 0.717) is 32.5 Å². The van der Waals surface area contributed by atoms with Gasteiger partial charge in [0.05, 0.1) is 12.5 Å².